The topological polar surface area (TPSA) is 79.8 Å². The summed E-state index contributed by atoms with van der Waals surface area (Å²) in [6.45, 7) is 8.86. The van der Waals surface area contributed by atoms with Crippen molar-refractivity contribution in [3.05, 3.63) is 24.0 Å². The molecule has 23 heavy (non-hydrogen) atoms. The van der Waals surface area contributed by atoms with Crippen molar-refractivity contribution in [2.45, 2.75) is 37.3 Å². The molecule has 0 aromatic carbocycles. The first-order chi connectivity index (χ1) is 10.6. The maximum Gasteiger partial charge on any atom is 0.323 e. The Kier molecular flexibility index (Phi) is 5.12. The molecule has 0 aromatic heterocycles. The van der Waals surface area contributed by atoms with Gasteiger partial charge in [-0.3, -0.25) is 0 Å². The first-order valence-corrected chi connectivity index (χ1v) is 10.7. The third-order valence-corrected chi connectivity index (χ3v) is 5.83. The van der Waals surface area contributed by atoms with E-state index in [2.05, 4.69) is 36.8 Å². The monoisotopic (exact) mass is 342 g/mol. The molecule has 0 spiro atoms. The highest BCUT2D eigenvalue weighted by Crippen LogP contribution is 2.44. The smallest absolute Gasteiger partial charge is 0.323 e. The lowest BCUT2D eigenvalue weighted by Gasteiger charge is -2.30. The number of amides is 2. The number of aliphatic hydroxyl groups excluding tert-OH is 1. The lowest BCUT2D eigenvalue weighted by molar-refractivity contribution is -0.0640. The second-order valence-corrected chi connectivity index (χ2v) is 11.4. The fraction of sp³-hybridized carbons (Fsp3) is 0.625. The van der Waals surface area contributed by atoms with E-state index in [-0.39, 0.29) is 6.03 Å². The van der Waals surface area contributed by atoms with Crippen LogP contribution in [0.1, 0.15) is 13.3 Å². The summed E-state index contributed by atoms with van der Waals surface area (Å²) >= 11 is 0. The van der Waals surface area contributed by atoms with Crippen molar-refractivity contribution in [2.75, 3.05) is 26.6 Å². The average molecular weight is 342 g/mol. The number of carbonyl (C=O) groups is 1. The second-order valence-electron chi connectivity index (χ2n) is 7.08. The Morgan fingerprint density at radius 1 is 1.52 bits per heavy atom. The third kappa shape index (κ3) is 3.89. The van der Waals surface area contributed by atoms with E-state index in [0.717, 1.165) is 6.16 Å². The molecule has 0 saturated carbocycles. The van der Waals surface area contributed by atoms with Gasteiger partial charge in [-0.25, -0.2) is 4.79 Å². The molecule has 6 nitrogen and oxygen atoms in total. The van der Waals surface area contributed by atoms with Gasteiger partial charge in [-0.05, 0) is 32.8 Å². The Morgan fingerprint density at radius 3 is 2.70 bits per heavy atom. The van der Waals surface area contributed by atoms with Crippen LogP contribution in [0.5, 0.6) is 0 Å². The molecule has 1 fully saturated rings. The normalized spacial score (nSPS) is 34.8. The fourth-order valence-corrected chi connectivity index (χ4v) is 3.94. The van der Waals surface area contributed by atoms with Gasteiger partial charge in [0, 0.05) is 24.6 Å². The summed E-state index contributed by atoms with van der Waals surface area (Å²) in [6.07, 6.45) is 5.61. The Hall–Kier alpha value is -1.07. The molecule has 3 N–H and O–H groups in total. The lowest BCUT2D eigenvalue weighted by atomic mass is 9.92. The Labute approximate surface area is 137 Å². The standard InChI is InChI=1S/C16H27N2O4P/c1-10-11(9-17-15(20)18-10)12-13(21-3)14(19)16(2,22-12)7-8-23(4,5)6/h9,12-14,19H,1,4,7-8H2,2-3,5-6H3,(H2,17,18,20)/t12-,13-,14-,16+/m0/s1. The molecule has 0 bridgehead atoms. The third-order valence-electron chi connectivity index (χ3n) is 4.40. The van der Waals surface area contributed by atoms with Crippen LogP contribution in [0.25, 0.3) is 0 Å². The van der Waals surface area contributed by atoms with Crippen molar-refractivity contribution in [2.24, 2.45) is 0 Å². The Bertz CT molecular complexity index is 583. The number of ether oxygens (including phenoxy) is 2. The molecule has 130 valence electrons. The predicted molar refractivity (Wildman–Crippen MR) is 94.3 cm³/mol. The minimum atomic E-state index is -1.22. The van der Waals surface area contributed by atoms with Crippen LogP contribution in [0.2, 0.25) is 0 Å². The van der Waals surface area contributed by atoms with E-state index >= 15 is 0 Å². The lowest BCUT2D eigenvalue weighted by Crippen LogP contribution is -2.43. The highest BCUT2D eigenvalue weighted by molar-refractivity contribution is 7.72. The summed E-state index contributed by atoms with van der Waals surface area (Å²) < 4.78 is 11.7. The van der Waals surface area contributed by atoms with Crippen LogP contribution in [-0.4, -0.2) is 68.0 Å². The molecule has 0 aromatic rings. The molecule has 0 aliphatic carbocycles. The van der Waals surface area contributed by atoms with Crippen LogP contribution < -0.4 is 10.6 Å². The van der Waals surface area contributed by atoms with Crippen LogP contribution in [-0.2, 0) is 9.47 Å². The summed E-state index contributed by atoms with van der Waals surface area (Å²) in [4.78, 5) is 11.3. The van der Waals surface area contributed by atoms with Crippen molar-refractivity contribution < 1.29 is 19.4 Å². The van der Waals surface area contributed by atoms with Crippen LogP contribution in [0, 0.1) is 0 Å². The van der Waals surface area contributed by atoms with Crippen molar-refractivity contribution in [1.82, 2.24) is 10.6 Å². The number of hydrogen-bond donors (Lipinski definition) is 3. The maximum atomic E-state index is 11.3. The summed E-state index contributed by atoms with van der Waals surface area (Å²) in [5.74, 6) is 0. The predicted octanol–water partition coefficient (Wildman–Crippen LogP) is 1.33. The number of nitrogens with one attached hydrogen (secondary N) is 2. The van der Waals surface area contributed by atoms with Crippen LogP contribution >= 0.6 is 6.89 Å². The van der Waals surface area contributed by atoms with Gasteiger partial charge in [-0.15, -0.1) is 13.2 Å². The zero-order valence-corrected chi connectivity index (χ0v) is 15.2. The summed E-state index contributed by atoms with van der Waals surface area (Å²) in [5.41, 5.74) is 0.424. The first-order valence-electron chi connectivity index (χ1n) is 7.60. The van der Waals surface area contributed by atoms with Crippen molar-refractivity contribution >= 4 is 19.2 Å². The van der Waals surface area contributed by atoms with E-state index in [4.69, 9.17) is 9.47 Å². The molecule has 2 rings (SSSR count). The zero-order chi connectivity index (χ0) is 17.4. The zero-order valence-electron chi connectivity index (χ0n) is 14.3. The second kappa shape index (κ2) is 6.44. The summed E-state index contributed by atoms with van der Waals surface area (Å²) in [5, 5.41) is 15.9. The maximum absolute atomic E-state index is 11.3. The Balaban J connectivity index is 2.23. The number of rotatable bonds is 5. The van der Waals surface area contributed by atoms with Gasteiger partial charge in [-0.1, -0.05) is 6.58 Å². The summed E-state index contributed by atoms with van der Waals surface area (Å²) in [7, 11) is 1.55. The molecule has 4 atom stereocenters. The van der Waals surface area contributed by atoms with Crippen LogP contribution in [0.3, 0.4) is 0 Å². The van der Waals surface area contributed by atoms with Crippen molar-refractivity contribution in [1.29, 1.82) is 0 Å². The Morgan fingerprint density at radius 2 is 2.17 bits per heavy atom. The van der Waals surface area contributed by atoms with Gasteiger partial charge in [0.25, 0.3) is 0 Å². The number of hydrogen-bond acceptors (Lipinski definition) is 4. The van der Waals surface area contributed by atoms with E-state index in [1.54, 1.807) is 13.3 Å². The van der Waals surface area contributed by atoms with Gasteiger partial charge in [0.05, 0.1) is 5.60 Å². The molecular weight excluding hydrogens is 315 g/mol. The van der Waals surface area contributed by atoms with Gasteiger partial charge in [0.15, 0.2) is 0 Å². The van der Waals surface area contributed by atoms with Gasteiger partial charge in [0.1, 0.15) is 18.3 Å². The molecule has 2 aliphatic rings. The molecular formula is C16H27N2O4P. The molecule has 0 unspecified atom stereocenters. The average Bonchev–Trinajstić information content (AvgIpc) is 2.68. The van der Waals surface area contributed by atoms with E-state index in [1.807, 2.05) is 6.92 Å². The van der Waals surface area contributed by atoms with Gasteiger partial charge in [-0.2, -0.15) is 0 Å². The summed E-state index contributed by atoms with van der Waals surface area (Å²) in [6, 6.07) is -0.336. The van der Waals surface area contributed by atoms with E-state index in [1.165, 1.54) is 0 Å². The van der Waals surface area contributed by atoms with Crippen molar-refractivity contribution in [3.8, 4) is 0 Å². The van der Waals surface area contributed by atoms with Crippen LogP contribution in [0.15, 0.2) is 24.0 Å². The quantitative estimate of drug-likeness (QED) is 0.659. The van der Waals surface area contributed by atoms with E-state index < -0.39 is 30.8 Å². The van der Waals surface area contributed by atoms with E-state index in [9.17, 15) is 9.90 Å². The van der Waals surface area contributed by atoms with Gasteiger partial charge < -0.3 is 25.2 Å². The SMILES string of the molecule is C=C1NC(=O)NC=C1[C@@H]1O[C@](C)(CCP(=C)(C)C)[C@@H](O)[C@H]1OC. The van der Waals surface area contributed by atoms with Gasteiger partial charge in [0.2, 0.25) is 0 Å². The molecule has 1 saturated heterocycles. The molecule has 2 aliphatic heterocycles. The number of methoxy groups -OCH3 is 1. The van der Waals surface area contributed by atoms with Crippen LogP contribution in [0.4, 0.5) is 4.79 Å². The largest absolute Gasteiger partial charge is 0.387 e. The first kappa shape index (κ1) is 18.3. The number of urea groups is 1. The highest BCUT2D eigenvalue weighted by Gasteiger charge is 2.53. The molecule has 2 heterocycles. The minimum Gasteiger partial charge on any atom is -0.387 e. The molecule has 7 heteroatoms. The number of aliphatic hydroxyl groups is 1. The number of carbonyl (C=O) groups excluding carboxylic acids is 1. The highest BCUT2D eigenvalue weighted by atomic mass is 31.2. The van der Waals surface area contributed by atoms with E-state index in [0.29, 0.717) is 17.7 Å². The van der Waals surface area contributed by atoms with Gasteiger partial charge >= 0.3 is 6.03 Å². The minimum absolute atomic E-state index is 0.336. The molecule has 0 radical (unpaired) electrons. The molecule has 2 amide bonds. The van der Waals surface area contributed by atoms with Crippen molar-refractivity contribution in [3.63, 3.8) is 0 Å². The fourth-order valence-electron chi connectivity index (χ4n) is 2.89.